The van der Waals surface area contributed by atoms with Crippen LogP contribution in [0.4, 0.5) is 0 Å². The number of nitrogens with one attached hydrogen (secondary N) is 1. The summed E-state index contributed by atoms with van der Waals surface area (Å²) in [5, 5.41) is 13.7. The molecule has 0 saturated carbocycles. The van der Waals surface area contributed by atoms with E-state index in [0.29, 0.717) is 31.4 Å². The number of aliphatic hydroxyl groups is 1. The molecule has 36 heavy (non-hydrogen) atoms. The molecule has 4 rings (SSSR count). The van der Waals surface area contributed by atoms with Gasteiger partial charge in [-0.3, -0.25) is 19.7 Å². The number of hydrogen-bond acceptors (Lipinski definition) is 5. The third-order valence-corrected chi connectivity index (χ3v) is 7.53. The molecule has 2 fully saturated rings. The molecule has 3 heterocycles. The Balaban J connectivity index is 0.00000109. The summed E-state index contributed by atoms with van der Waals surface area (Å²) in [7, 11) is 0. The van der Waals surface area contributed by atoms with Gasteiger partial charge in [0.25, 0.3) is 5.91 Å². The number of hydrogen-bond donors (Lipinski definition) is 2. The van der Waals surface area contributed by atoms with Crippen molar-refractivity contribution in [3.05, 3.63) is 34.9 Å². The highest BCUT2D eigenvalue weighted by Gasteiger charge is 2.40. The molecule has 2 atom stereocenters. The van der Waals surface area contributed by atoms with Gasteiger partial charge in [-0.2, -0.15) is 0 Å². The molecular formula is C29H47N3O4. The summed E-state index contributed by atoms with van der Waals surface area (Å²) in [6, 6.07) is 4.99. The van der Waals surface area contributed by atoms with E-state index < -0.39 is 17.6 Å². The second-order valence-electron chi connectivity index (χ2n) is 9.67. The van der Waals surface area contributed by atoms with Crippen LogP contribution in [0.1, 0.15) is 108 Å². The third kappa shape index (κ3) is 6.74. The second-order valence-corrected chi connectivity index (χ2v) is 9.67. The first-order valence-corrected chi connectivity index (χ1v) is 14.1. The Morgan fingerprint density at radius 3 is 2.33 bits per heavy atom. The van der Waals surface area contributed by atoms with E-state index >= 15 is 0 Å². The minimum absolute atomic E-state index is 0.176. The van der Waals surface area contributed by atoms with Gasteiger partial charge < -0.3 is 14.9 Å². The van der Waals surface area contributed by atoms with Crippen molar-refractivity contribution in [2.24, 2.45) is 5.92 Å². The molecule has 7 nitrogen and oxygen atoms in total. The fourth-order valence-corrected chi connectivity index (χ4v) is 5.46. The van der Waals surface area contributed by atoms with Crippen LogP contribution in [-0.4, -0.2) is 58.3 Å². The van der Waals surface area contributed by atoms with Crippen LogP contribution in [0.3, 0.4) is 0 Å². The summed E-state index contributed by atoms with van der Waals surface area (Å²) in [4.78, 5) is 40.6. The number of fused-ring (bicyclic) bond motifs is 1. The molecule has 3 aliphatic rings. The van der Waals surface area contributed by atoms with Crippen molar-refractivity contribution in [2.45, 2.75) is 105 Å². The van der Waals surface area contributed by atoms with Crippen molar-refractivity contribution < 1.29 is 19.5 Å². The first-order chi connectivity index (χ1) is 17.3. The molecule has 1 aromatic rings. The van der Waals surface area contributed by atoms with E-state index in [1.807, 2.05) is 39.8 Å². The van der Waals surface area contributed by atoms with E-state index in [0.717, 1.165) is 36.7 Å². The molecule has 3 aliphatic heterocycles. The van der Waals surface area contributed by atoms with Crippen LogP contribution >= 0.6 is 0 Å². The maximum atomic E-state index is 12.9. The lowest BCUT2D eigenvalue weighted by molar-refractivity contribution is -0.136. The number of rotatable bonds is 7. The summed E-state index contributed by atoms with van der Waals surface area (Å²) >= 11 is 0. The van der Waals surface area contributed by atoms with E-state index in [1.165, 1.54) is 19.3 Å². The van der Waals surface area contributed by atoms with Gasteiger partial charge in [0.1, 0.15) is 6.04 Å². The molecule has 2 unspecified atom stereocenters. The minimum atomic E-state index is -0.886. The SMILES string of the molecule is CC.CC.CCCC(CC)CN1CCC(O)(c2ccc3c(c2)CN(C2CCC(=O)NC2=O)C3=O)CC1. The highest BCUT2D eigenvalue weighted by atomic mass is 16.3. The maximum Gasteiger partial charge on any atom is 0.255 e. The van der Waals surface area contributed by atoms with Crippen molar-refractivity contribution >= 4 is 17.7 Å². The Bertz CT molecular complexity index is 893. The van der Waals surface area contributed by atoms with Gasteiger partial charge in [0.15, 0.2) is 0 Å². The zero-order chi connectivity index (χ0) is 26.9. The standard InChI is InChI=1S/C25H35N3O4.2C2H6/c1-3-5-17(4-2)15-27-12-10-25(32,11-13-27)19-6-7-20-18(14-19)16-28(24(20)31)21-8-9-22(29)26-23(21)30;2*1-2/h6-7,14,17,21,32H,3-5,8-13,15-16H2,1-2H3,(H,26,29,30);2*1-2H3. The summed E-state index contributed by atoms with van der Waals surface area (Å²) in [6.07, 6.45) is 5.61. The van der Waals surface area contributed by atoms with Crippen LogP contribution in [0.25, 0.3) is 0 Å². The van der Waals surface area contributed by atoms with Crippen molar-refractivity contribution in [3.63, 3.8) is 0 Å². The highest BCUT2D eigenvalue weighted by Crippen LogP contribution is 2.36. The molecule has 0 bridgehead atoms. The number of carbonyl (C=O) groups excluding carboxylic acids is 3. The Labute approximate surface area is 217 Å². The normalized spacial score (nSPS) is 22.0. The van der Waals surface area contributed by atoms with Crippen LogP contribution in [0, 0.1) is 5.92 Å². The molecule has 202 valence electrons. The van der Waals surface area contributed by atoms with Crippen LogP contribution in [0.15, 0.2) is 18.2 Å². The average Bonchev–Trinajstić information content (AvgIpc) is 3.23. The molecule has 0 radical (unpaired) electrons. The van der Waals surface area contributed by atoms with Crippen LogP contribution < -0.4 is 5.32 Å². The molecular weight excluding hydrogens is 454 g/mol. The second kappa shape index (κ2) is 13.9. The number of likely N-dealkylation sites (tertiary alicyclic amines) is 1. The number of benzene rings is 1. The Morgan fingerprint density at radius 1 is 1.08 bits per heavy atom. The fraction of sp³-hybridized carbons (Fsp3) is 0.690. The van der Waals surface area contributed by atoms with E-state index in [9.17, 15) is 19.5 Å². The first-order valence-electron chi connectivity index (χ1n) is 14.1. The van der Waals surface area contributed by atoms with Crippen LogP contribution in [0.5, 0.6) is 0 Å². The molecule has 0 aliphatic carbocycles. The topological polar surface area (TPSA) is 89.9 Å². The van der Waals surface area contributed by atoms with Crippen LogP contribution in [-0.2, 0) is 21.7 Å². The predicted molar refractivity (Wildman–Crippen MR) is 143 cm³/mol. The van der Waals surface area contributed by atoms with Gasteiger partial charge in [-0.25, -0.2) is 0 Å². The number of nitrogens with zero attached hydrogens (tertiary/aromatic N) is 2. The first kappa shape index (κ1) is 30.0. The lowest BCUT2D eigenvalue weighted by Crippen LogP contribution is -2.52. The minimum Gasteiger partial charge on any atom is -0.385 e. The zero-order valence-corrected chi connectivity index (χ0v) is 23.2. The molecule has 0 spiro atoms. The molecule has 2 N–H and O–H groups in total. The van der Waals surface area contributed by atoms with Crippen molar-refractivity contribution in [1.29, 1.82) is 0 Å². The van der Waals surface area contributed by atoms with Gasteiger partial charge in [0.2, 0.25) is 11.8 Å². The lowest BCUT2D eigenvalue weighted by atomic mass is 9.83. The summed E-state index contributed by atoms with van der Waals surface area (Å²) in [5.41, 5.74) is 1.41. The molecule has 1 aromatic carbocycles. The number of carbonyl (C=O) groups is 3. The Kier molecular flexibility index (Phi) is 11.6. The summed E-state index contributed by atoms with van der Waals surface area (Å²) in [6.45, 7) is 15.7. The third-order valence-electron chi connectivity index (χ3n) is 7.53. The Hall–Kier alpha value is -2.25. The average molecular weight is 502 g/mol. The van der Waals surface area contributed by atoms with E-state index in [-0.39, 0.29) is 18.2 Å². The zero-order valence-electron chi connectivity index (χ0n) is 23.2. The Morgan fingerprint density at radius 2 is 1.75 bits per heavy atom. The molecule has 3 amide bonds. The molecule has 7 heteroatoms. The predicted octanol–water partition coefficient (Wildman–Crippen LogP) is 4.61. The highest BCUT2D eigenvalue weighted by molar-refractivity contribution is 6.05. The maximum absolute atomic E-state index is 12.9. The van der Waals surface area contributed by atoms with Gasteiger partial charge in [-0.1, -0.05) is 66.5 Å². The fourth-order valence-electron chi connectivity index (χ4n) is 5.46. The monoisotopic (exact) mass is 501 g/mol. The number of imide groups is 1. The van der Waals surface area contributed by atoms with Gasteiger partial charge >= 0.3 is 0 Å². The van der Waals surface area contributed by atoms with Crippen LogP contribution in [0.2, 0.25) is 0 Å². The van der Waals surface area contributed by atoms with Crippen molar-refractivity contribution in [2.75, 3.05) is 19.6 Å². The van der Waals surface area contributed by atoms with Gasteiger partial charge in [-0.05, 0) is 48.8 Å². The van der Waals surface area contributed by atoms with Gasteiger partial charge in [0, 0.05) is 38.2 Å². The van der Waals surface area contributed by atoms with E-state index in [2.05, 4.69) is 24.1 Å². The molecule has 2 saturated heterocycles. The van der Waals surface area contributed by atoms with E-state index in [4.69, 9.17) is 0 Å². The summed E-state index contributed by atoms with van der Waals surface area (Å²) < 4.78 is 0. The quantitative estimate of drug-likeness (QED) is 0.533. The van der Waals surface area contributed by atoms with Gasteiger partial charge in [0.05, 0.1) is 5.60 Å². The van der Waals surface area contributed by atoms with Crippen molar-refractivity contribution in [1.82, 2.24) is 15.1 Å². The smallest absolute Gasteiger partial charge is 0.255 e. The van der Waals surface area contributed by atoms with Gasteiger partial charge in [-0.15, -0.1) is 0 Å². The van der Waals surface area contributed by atoms with E-state index in [1.54, 1.807) is 11.0 Å². The molecule has 0 aromatic heterocycles. The largest absolute Gasteiger partial charge is 0.385 e. The van der Waals surface area contributed by atoms with Crippen molar-refractivity contribution in [3.8, 4) is 0 Å². The summed E-state index contributed by atoms with van der Waals surface area (Å²) in [5.74, 6) is -0.145. The lowest BCUT2D eigenvalue weighted by Gasteiger charge is -2.40. The number of piperidine rings is 2. The number of amides is 3.